The number of H-pyrrole nitrogens is 1. The third kappa shape index (κ3) is 2.41. The van der Waals surface area contributed by atoms with Crippen molar-refractivity contribution in [3.05, 3.63) is 48.4 Å². The first-order valence-electron chi connectivity index (χ1n) is 6.93. The standard InChI is InChI=1S/C17H17N3O2/c1-11-15(12-6-5-9-18-10-12)20-17(19-11)13-7-4-8-14(21-2)16(13)22-3/h4-10H,1-3H3,(H,19,20). The molecular formula is C17H17N3O2. The van der Waals surface area contributed by atoms with Crippen LogP contribution in [-0.2, 0) is 0 Å². The smallest absolute Gasteiger partial charge is 0.171 e. The molecule has 0 aliphatic heterocycles. The molecule has 0 bridgehead atoms. The molecule has 3 aromatic rings. The van der Waals surface area contributed by atoms with Crippen LogP contribution in [0.25, 0.3) is 22.6 Å². The quantitative estimate of drug-likeness (QED) is 0.800. The van der Waals surface area contributed by atoms with Crippen molar-refractivity contribution in [3.63, 3.8) is 0 Å². The normalized spacial score (nSPS) is 10.5. The number of pyridine rings is 1. The largest absolute Gasteiger partial charge is 0.493 e. The van der Waals surface area contributed by atoms with E-state index < -0.39 is 0 Å². The van der Waals surface area contributed by atoms with E-state index in [0.29, 0.717) is 11.5 Å². The Labute approximate surface area is 129 Å². The molecule has 0 atom stereocenters. The topological polar surface area (TPSA) is 60.0 Å². The van der Waals surface area contributed by atoms with Crippen molar-refractivity contribution in [1.82, 2.24) is 15.0 Å². The number of nitrogens with one attached hydrogen (secondary N) is 1. The van der Waals surface area contributed by atoms with E-state index in [1.54, 1.807) is 26.6 Å². The van der Waals surface area contributed by atoms with Crippen LogP contribution < -0.4 is 9.47 Å². The minimum Gasteiger partial charge on any atom is -0.493 e. The van der Waals surface area contributed by atoms with E-state index in [4.69, 9.17) is 14.5 Å². The second kappa shape index (κ2) is 5.89. The molecule has 1 N–H and O–H groups in total. The van der Waals surface area contributed by atoms with Crippen LogP contribution in [0, 0.1) is 6.92 Å². The second-order valence-corrected chi connectivity index (χ2v) is 4.84. The van der Waals surface area contributed by atoms with Gasteiger partial charge in [0.15, 0.2) is 11.5 Å². The fourth-order valence-electron chi connectivity index (χ4n) is 2.45. The molecule has 0 radical (unpaired) electrons. The highest BCUT2D eigenvalue weighted by Crippen LogP contribution is 2.37. The maximum Gasteiger partial charge on any atom is 0.171 e. The molecule has 0 spiro atoms. The molecule has 2 heterocycles. The molecule has 3 rings (SSSR count). The monoisotopic (exact) mass is 295 g/mol. The number of aromatic nitrogens is 3. The van der Waals surface area contributed by atoms with E-state index >= 15 is 0 Å². The lowest BCUT2D eigenvalue weighted by Crippen LogP contribution is -1.94. The molecule has 22 heavy (non-hydrogen) atoms. The summed E-state index contributed by atoms with van der Waals surface area (Å²) in [5.74, 6) is 2.08. The number of hydrogen-bond donors (Lipinski definition) is 1. The Balaban J connectivity index is 2.11. The van der Waals surface area contributed by atoms with E-state index in [2.05, 4.69) is 9.97 Å². The first-order chi connectivity index (χ1) is 10.7. The zero-order valence-electron chi connectivity index (χ0n) is 12.8. The summed E-state index contributed by atoms with van der Waals surface area (Å²) in [6.45, 7) is 1.99. The SMILES string of the molecule is COc1cccc(-c2nc(-c3cccnc3)c(C)[nH]2)c1OC. The Bertz CT molecular complexity index is 782. The Morgan fingerprint density at radius 3 is 2.59 bits per heavy atom. The third-order valence-electron chi connectivity index (χ3n) is 3.48. The zero-order valence-corrected chi connectivity index (χ0v) is 12.8. The molecule has 5 nitrogen and oxygen atoms in total. The highest BCUT2D eigenvalue weighted by molar-refractivity contribution is 5.72. The van der Waals surface area contributed by atoms with Crippen LogP contribution in [0.5, 0.6) is 11.5 Å². The van der Waals surface area contributed by atoms with Gasteiger partial charge in [0.1, 0.15) is 5.82 Å². The van der Waals surface area contributed by atoms with Crippen LogP contribution >= 0.6 is 0 Å². The maximum absolute atomic E-state index is 5.48. The van der Waals surface area contributed by atoms with Crippen molar-refractivity contribution < 1.29 is 9.47 Å². The van der Waals surface area contributed by atoms with Crippen LogP contribution in [0.2, 0.25) is 0 Å². The van der Waals surface area contributed by atoms with Gasteiger partial charge in [0.25, 0.3) is 0 Å². The molecule has 0 saturated heterocycles. The molecule has 2 aromatic heterocycles. The molecule has 0 aliphatic rings. The Morgan fingerprint density at radius 1 is 1.05 bits per heavy atom. The highest BCUT2D eigenvalue weighted by Gasteiger charge is 2.16. The molecule has 0 fully saturated rings. The van der Waals surface area contributed by atoms with Crippen molar-refractivity contribution in [2.75, 3.05) is 14.2 Å². The predicted octanol–water partition coefficient (Wildman–Crippen LogP) is 3.46. The van der Waals surface area contributed by atoms with Crippen molar-refractivity contribution in [2.24, 2.45) is 0 Å². The predicted molar refractivity (Wildman–Crippen MR) is 85.1 cm³/mol. The zero-order chi connectivity index (χ0) is 15.5. The summed E-state index contributed by atoms with van der Waals surface area (Å²) in [5, 5.41) is 0. The molecule has 0 saturated carbocycles. The van der Waals surface area contributed by atoms with E-state index in [-0.39, 0.29) is 0 Å². The lowest BCUT2D eigenvalue weighted by Gasteiger charge is -2.10. The number of rotatable bonds is 4. The van der Waals surface area contributed by atoms with Gasteiger partial charge in [-0.3, -0.25) is 4.98 Å². The summed E-state index contributed by atoms with van der Waals surface area (Å²) in [4.78, 5) is 12.2. The van der Waals surface area contributed by atoms with E-state index in [9.17, 15) is 0 Å². The highest BCUT2D eigenvalue weighted by atomic mass is 16.5. The Kier molecular flexibility index (Phi) is 3.78. The Morgan fingerprint density at radius 2 is 1.91 bits per heavy atom. The molecule has 5 heteroatoms. The molecular weight excluding hydrogens is 278 g/mol. The van der Waals surface area contributed by atoms with Crippen LogP contribution in [-0.4, -0.2) is 29.2 Å². The third-order valence-corrected chi connectivity index (χ3v) is 3.48. The van der Waals surface area contributed by atoms with E-state index in [0.717, 1.165) is 28.3 Å². The summed E-state index contributed by atoms with van der Waals surface area (Å²) in [6.07, 6.45) is 3.55. The molecule has 1 aromatic carbocycles. The number of aromatic amines is 1. The van der Waals surface area contributed by atoms with E-state index in [1.165, 1.54) is 0 Å². The number of hydrogen-bond acceptors (Lipinski definition) is 4. The number of benzene rings is 1. The summed E-state index contributed by atoms with van der Waals surface area (Å²) in [5.41, 5.74) is 3.70. The van der Waals surface area contributed by atoms with Gasteiger partial charge < -0.3 is 14.5 Å². The minimum absolute atomic E-state index is 0.663. The Hall–Kier alpha value is -2.82. The van der Waals surface area contributed by atoms with Gasteiger partial charge >= 0.3 is 0 Å². The number of aryl methyl sites for hydroxylation is 1. The van der Waals surface area contributed by atoms with Gasteiger partial charge in [-0.1, -0.05) is 6.07 Å². The molecule has 0 aliphatic carbocycles. The van der Waals surface area contributed by atoms with Gasteiger partial charge in [0.2, 0.25) is 0 Å². The fraction of sp³-hybridized carbons (Fsp3) is 0.176. The van der Waals surface area contributed by atoms with Gasteiger partial charge in [-0.05, 0) is 31.2 Å². The summed E-state index contributed by atoms with van der Waals surface area (Å²) in [6, 6.07) is 9.61. The fourth-order valence-corrected chi connectivity index (χ4v) is 2.45. The van der Waals surface area contributed by atoms with Gasteiger partial charge in [-0.15, -0.1) is 0 Å². The minimum atomic E-state index is 0.663. The van der Waals surface area contributed by atoms with Crippen LogP contribution in [0.3, 0.4) is 0 Å². The second-order valence-electron chi connectivity index (χ2n) is 4.84. The number of imidazole rings is 1. The van der Waals surface area contributed by atoms with Crippen molar-refractivity contribution in [3.8, 4) is 34.1 Å². The average molecular weight is 295 g/mol. The van der Waals surface area contributed by atoms with Gasteiger partial charge in [-0.2, -0.15) is 0 Å². The lowest BCUT2D eigenvalue weighted by atomic mass is 10.1. The van der Waals surface area contributed by atoms with E-state index in [1.807, 2.05) is 37.3 Å². The van der Waals surface area contributed by atoms with Gasteiger partial charge in [0.05, 0.1) is 25.5 Å². The summed E-state index contributed by atoms with van der Waals surface area (Å²) in [7, 11) is 3.25. The number of para-hydroxylation sites is 1. The number of nitrogens with zero attached hydrogens (tertiary/aromatic N) is 2. The first kappa shape index (κ1) is 14.1. The van der Waals surface area contributed by atoms with Crippen LogP contribution in [0.1, 0.15) is 5.69 Å². The van der Waals surface area contributed by atoms with Gasteiger partial charge in [0, 0.05) is 23.7 Å². The van der Waals surface area contributed by atoms with Gasteiger partial charge in [-0.25, -0.2) is 4.98 Å². The summed E-state index contributed by atoms with van der Waals surface area (Å²) < 4.78 is 10.8. The average Bonchev–Trinajstić information content (AvgIpc) is 2.96. The molecule has 0 amide bonds. The van der Waals surface area contributed by atoms with Crippen molar-refractivity contribution >= 4 is 0 Å². The maximum atomic E-state index is 5.48. The summed E-state index contributed by atoms with van der Waals surface area (Å²) >= 11 is 0. The first-order valence-corrected chi connectivity index (χ1v) is 6.93. The number of ether oxygens (including phenoxy) is 2. The van der Waals surface area contributed by atoms with Crippen LogP contribution in [0.4, 0.5) is 0 Å². The molecule has 0 unspecified atom stereocenters. The number of methoxy groups -OCH3 is 2. The van der Waals surface area contributed by atoms with Crippen molar-refractivity contribution in [2.45, 2.75) is 6.92 Å². The molecule has 112 valence electrons. The van der Waals surface area contributed by atoms with Crippen LogP contribution in [0.15, 0.2) is 42.7 Å². The van der Waals surface area contributed by atoms with Crippen molar-refractivity contribution in [1.29, 1.82) is 0 Å². The lowest BCUT2D eigenvalue weighted by molar-refractivity contribution is 0.356.